The summed E-state index contributed by atoms with van der Waals surface area (Å²) in [4.78, 5) is 4.41. The third-order valence-electron chi connectivity index (χ3n) is 3.02. The molecule has 0 amide bonds. The Morgan fingerprint density at radius 3 is 2.86 bits per heavy atom. The van der Waals surface area contributed by atoms with E-state index in [1.165, 1.54) is 18.4 Å². The number of halogens is 1. The van der Waals surface area contributed by atoms with Crippen molar-refractivity contribution in [2.24, 2.45) is 0 Å². The van der Waals surface area contributed by atoms with Crippen molar-refractivity contribution < 1.29 is 0 Å². The van der Waals surface area contributed by atoms with E-state index in [9.17, 15) is 0 Å². The summed E-state index contributed by atoms with van der Waals surface area (Å²) in [5, 5.41) is 14.4. The van der Waals surface area contributed by atoms with Gasteiger partial charge in [0.25, 0.3) is 0 Å². The second kappa shape index (κ2) is 7.93. The molecule has 0 aliphatic carbocycles. The number of aromatic nitrogens is 3. The second-order valence-electron chi connectivity index (χ2n) is 4.91. The Balaban J connectivity index is 2.00. The average Bonchev–Trinajstić information content (AvgIpc) is 2.47. The lowest BCUT2D eigenvalue weighted by atomic mass is 10.2. The zero-order valence-electron chi connectivity index (χ0n) is 12.4. The highest BCUT2D eigenvalue weighted by molar-refractivity contribution is 9.10. The summed E-state index contributed by atoms with van der Waals surface area (Å²) < 4.78 is 0.979. The van der Waals surface area contributed by atoms with Crippen molar-refractivity contribution in [1.82, 2.24) is 15.2 Å². The largest absolute Gasteiger partial charge is 0.369 e. The van der Waals surface area contributed by atoms with Gasteiger partial charge in [-0.25, -0.2) is 0 Å². The van der Waals surface area contributed by atoms with Crippen molar-refractivity contribution >= 4 is 33.4 Å². The van der Waals surface area contributed by atoms with Crippen LogP contribution in [0, 0.1) is 6.92 Å². The van der Waals surface area contributed by atoms with Crippen LogP contribution in [0.2, 0.25) is 0 Å². The Labute approximate surface area is 133 Å². The summed E-state index contributed by atoms with van der Waals surface area (Å²) in [5.74, 6) is 1.23. The quantitative estimate of drug-likeness (QED) is 0.730. The third kappa shape index (κ3) is 4.97. The van der Waals surface area contributed by atoms with Crippen LogP contribution in [0.1, 0.15) is 31.7 Å². The molecule has 0 saturated carbocycles. The highest BCUT2D eigenvalue weighted by atomic mass is 79.9. The van der Waals surface area contributed by atoms with Crippen LogP contribution in [0.4, 0.5) is 17.5 Å². The zero-order chi connectivity index (χ0) is 15.1. The highest BCUT2D eigenvalue weighted by Gasteiger charge is 2.04. The van der Waals surface area contributed by atoms with Crippen LogP contribution in [0.5, 0.6) is 0 Å². The normalized spacial score (nSPS) is 10.4. The molecule has 2 aromatic rings. The lowest BCUT2D eigenvalue weighted by Crippen LogP contribution is -2.07. The van der Waals surface area contributed by atoms with E-state index in [-0.39, 0.29) is 0 Å². The van der Waals surface area contributed by atoms with Gasteiger partial charge in [0.05, 0.1) is 11.9 Å². The van der Waals surface area contributed by atoms with Gasteiger partial charge in [-0.15, -0.1) is 5.10 Å². The number of benzene rings is 1. The Kier molecular flexibility index (Phi) is 5.92. The van der Waals surface area contributed by atoms with Gasteiger partial charge < -0.3 is 10.6 Å². The molecule has 0 aliphatic rings. The van der Waals surface area contributed by atoms with Crippen LogP contribution < -0.4 is 10.6 Å². The smallest absolute Gasteiger partial charge is 0.249 e. The lowest BCUT2D eigenvalue weighted by Gasteiger charge is -2.09. The molecule has 6 heteroatoms. The van der Waals surface area contributed by atoms with Crippen molar-refractivity contribution in [3.63, 3.8) is 0 Å². The first-order valence-corrected chi connectivity index (χ1v) is 7.95. The fourth-order valence-corrected chi connectivity index (χ4v) is 2.47. The van der Waals surface area contributed by atoms with Crippen molar-refractivity contribution in [2.45, 2.75) is 33.1 Å². The summed E-state index contributed by atoms with van der Waals surface area (Å²) in [6.45, 7) is 5.14. The zero-order valence-corrected chi connectivity index (χ0v) is 13.9. The summed E-state index contributed by atoms with van der Waals surface area (Å²) >= 11 is 3.53. The minimum atomic E-state index is 0.486. The molecular weight excluding hydrogens is 330 g/mol. The molecule has 2 rings (SSSR count). The molecule has 5 nitrogen and oxygen atoms in total. The molecule has 21 heavy (non-hydrogen) atoms. The molecule has 1 heterocycles. The predicted molar refractivity (Wildman–Crippen MR) is 90.0 cm³/mol. The van der Waals surface area contributed by atoms with Gasteiger partial charge in [-0.05, 0) is 47.0 Å². The number of unbranched alkanes of at least 4 members (excludes halogenated alkanes) is 2. The molecule has 0 bridgehead atoms. The SMILES string of the molecule is CCCCCNc1cnnc(Nc2ccc(C)cc2Br)n1. The number of hydrogen-bond acceptors (Lipinski definition) is 5. The Morgan fingerprint density at radius 1 is 1.24 bits per heavy atom. The molecule has 0 spiro atoms. The number of rotatable bonds is 7. The van der Waals surface area contributed by atoms with E-state index in [0.29, 0.717) is 5.95 Å². The highest BCUT2D eigenvalue weighted by Crippen LogP contribution is 2.25. The van der Waals surface area contributed by atoms with Crippen molar-refractivity contribution in [2.75, 3.05) is 17.2 Å². The van der Waals surface area contributed by atoms with Crippen LogP contribution in [-0.2, 0) is 0 Å². The number of anilines is 3. The van der Waals surface area contributed by atoms with Gasteiger partial charge in [0.1, 0.15) is 0 Å². The number of nitrogens with zero attached hydrogens (tertiary/aromatic N) is 3. The van der Waals surface area contributed by atoms with E-state index >= 15 is 0 Å². The second-order valence-corrected chi connectivity index (χ2v) is 5.76. The maximum atomic E-state index is 4.41. The molecule has 0 atom stereocenters. The van der Waals surface area contributed by atoms with E-state index in [1.807, 2.05) is 25.1 Å². The number of hydrogen-bond donors (Lipinski definition) is 2. The van der Waals surface area contributed by atoms with Crippen LogP contribution in [-0.4, -0.2) is 21.7 Å². The molecule has 0 aliphatic heterocycles. The fourth-order valence-electron chi connectivity index (χ4n) is 1.88. The van der Waals surface area contributed by atoms with E-state index in [4.69, 9.17) is 0 Å². The van der Waals surface area contributed by atoms with Crippen LogP contribution in [0.3, 0.4) is 0 Å². The van der Waals surface area contributed by atoms with Crippen LogP contribution >= 0.6 is 15.9 Å². The van der Waals surface area contributed by atoms with E-state index in [1.54, 1.807) is 6.20 Å². The van der Waals surface area contributed by atoms with Crippen molar-refractivity contribution in [3.8, 4) is 0 Å². The average molecular weight is 350 g/mol. The molecule has 1 aromatic carbocycles. The van der Waals surface area contributed by atoms with Gasteiger partial charge in [0.15, 0.2) is 5.82 Å². The molecule has 0 radical (unpaired) electrons. The first kappa shape index (κ1) is 15.7. The summed E-state index contributed by atoms with van der Waals surface area (Å²) in [6.07, 6.45) is 5.19. The Bertz CT molecular complexity index is 588. The molecule has 2 N–H and O–H groups in total. The van der Waals surface area contributed by atoms with Gasteiger partial charge >= 0.3 is 0 Å². The molecule has 0 fully saturated rings. The monoisotopic (exact) mass is 349 g/mol. The molecule has 0 saturated heterocycles. The first-order valence-electron chi connectivity index (χ1n) is 7.16. The van der Waals surface area contributed by atoms with Crippen molar-refractivity contribution in [1.29, 1.82) is 0 Å². The summed E-state index contributed by atoms with van der Waals surface area (Å²) in [5.41, 5.74) is 2.11. The molecular formula is C15H20BrN5. The van der Waals surface area contributed by atoms with Crippen LogP contribution in [0.25, 0.3) is 0 Å². The Hall–Kier alpha value is -1.69. The lowest BCUT2D eigenvalue weighted by molar-refractivity contribution is 0.741. The van der Waals surface area contributed by atoms with Gasteiger partial charge in [0, 0.05) is 11.0 Å². The number of nitrogens with one attached hydrogen (secondary N) is 2. The van der Waals surface area contributed by atoms with Gasteiger partial charge in [-0.3, -0.25) is 0 Å². The molecule has 1 aromatic heterocycles. The Morgan fingerprint density at radius 2 is 2.10 bits per heavy atom. The third-order valence-corrected chi connectivity index (χ3v) is 3.67. The summed E-state index contributed by atoms with van der Waals surface area (Å²) in [7, 11) is 0. The van der Waals surface area contributed by atoms with Crippen molar-refractivity contribution in [3.05, 3.63) is 34.4 Å². The van der Waals surface area contributed by atoms with E-state index in [2.05, 4.69) is 48.7 Å². The minimum absolute atomic E-state index is 0.486. The van der Waals surface area contributed by atoms with Crippen LogP contribution in [0.15, 0.2) is 28.9 Å². The topological polar surface area (TPSA) is 62.7 Å². The van der Waals surface area contributed by atoms with Gasteiger partial charge in [0.2, 0.25) is 5.95 Å². The molecule has 0 unspecified atom stereocenters. The molecule has 112 valence electrons. The minimum Gasteiger partial charge on any atom is -0.369 e. The van der Waals surface area contributed by atoms with Gasteiger partial charge in [-0.2, -0.15) is 10.1 Å². The maximum Gasteiger partial charge on any atom is 0.249 e. The maximum absolute atomic E-state index is 4.41. The van der Waals surface area contributed by atoms with E-state index in [0.717, 1.165) is 28.9 Å². The first-order chi connectivity index (χ1) is 10.2. The van der Waals surface area contributed by atoms with Gasteiger partial charge in [-0.1, -0.05) is 25.8 Å². The number of aryl methyl sites for hydroxylation is 1. The fraction of sp³-hybridized carbons (Fsp3) is 0.400. The van der Waals surface area contributed by atoms with E-state index < -0.39 is 0 Å². The summed E-state index contributed by atoms with van der Waals surface area (Å²) in [6, 6.07) is 6.07. The standard InChI is InChI=1S/C15H20BrN5/c1-3-4-5-8-17-14-10-18-21-15(20-14)19-13-7-6-11(2)9-12(13)16/h6-7,9-10H,3-5,8H2,1-2H3,(H2,17,19,20,21). The predicted octanol–water partition coefficient (Wildman–Crippen LogP) is 4.29.